The highest BCUT2D eigenvalue weighted by molar-refractivity contribution is 6.10. The van der Waals surface area contributed by atoms with E-state index in [1.54, 1.807) is 0 Å². The number of fused-ring (bicyclic) bond motifs is 3. The van der Waals surface area contributed by atoms with Crippen molar-refractivity contribution in [3.8, 4) is 5.75 Å². The van der Waals surface area contributed by atoms with E-state index in [0.29, 0.717) is 6.42 Å². The van der Waals surface area contributed by atoms with E-state index in [1.807, 2.05) is 45.0 Å². The van der Waals surface area contributed by atoms with Crippen LogP contribution in [-0.4, -0.2) is 16.6 Å². The summed E-state index contributed by atoms with van der Waals surface area (Å²) in [6.07, 6.45) is 0.0505. The number of carbonyl (C=O) groups is 1. The van der Waals surface area contributed by atoms with Crippen LogP contribution in [0.25, 0.3) is 21.8 Å². The third-order valence-corrected chi connectivity index (χ3v) is 5.63. The molecule has 0 saturated carbocycles. The van der Waals surface area contributed by atoms with E-state index in [1.165, 1.54) is 16.4 Å². The smallest absolute Gasteiger partial charge is 0.265 e. The van der Waals surface area contributed by atoms with Crippen LogP contribution in [0.3, 0.4) is 0 Å². The summed E-state index contributed by atoms with van der Waals surface area (Å²) in [5.74, 6) is 0.635. The van der Waals surface area contributed by atoms with Gasteiger partial charge in [0.15, 0.2) is 6.10 Å². The van der Waals surface area contributed by atoms with Crippen molar-refractivity contribution in [2.24, 2.45) is 0 Å². The van der Waals surface area contributed by atoms with Crippen molar-refractivity contribution in [2.45, 2.75) is 46.8 Å². The predicted molar refractivity (Wildman–Crippen MR) is 124 cm³/mol. The molecule has 1 aromatic heterocycles. The number of amides is 1. The van der Waals surface area contributed by atoms with Crippen LogP contribution in [-0.2, 0) is 11.3 Å². The zero-order valence-electron chi connectivity index (χ0n) is 18.0. The number of hydrogen-bond donors (Lipinski definition) is 1. The highest BCUT2D eigenvalue weighted by Crippen LogP contribution is 2.31. The second-order valence-electron chi connectivity index (χ2n) is 7.77. The number of carbonyl (C=O) groups excluding carboxylic acids is 1. The van der Waals surface area contributed by atoms with E-state index >= 15 is 0 Å². The SMILES string of the molecule is CCC(Oc1cc(C)ccc1C)C(=O)Nc1ccc2c(c1)c1ccccc1n2CC. The first-order chi connectivity index (χ1) is 14.5. The lowest BCUT2D eigenvalue weighted by Crippen LogP contribution is -2.32. The third-order valence-electron chi connectivity index (χ3n) is 5.63. The standard InChI is InChI=1S/C26H28N2O2/c1-5-24(30-25-15-17(3)11-12-18(25)4)26(29)27-19-13-14-23-21(16-19)20-9-7-8-10-22(20)28(23)6-2/h7-16,24H,5-6H2,1-4H3,(H,27,29). The lowest BCUT2D eigenvalue weighted by atomic mass is 10.1. The van der Waals surface area contributed by atoms with Crippen molar-refractivity contribution in [3.05, 3.63) is 71.8 Å². The predicted octanol–water partition coefficient (Wildman–Crippen LogP) is 6.23. The summed E-state index contributed by atoms with van der Waals surface area (Å²) >= 11 is 0. The molecular weight excluding hydrogens is 372 g/mol. The van der Waals surface area contributed by atoms with Gasteiger partial charge in [0.25, 0.3) is 5.91 Å². The zero-order chi connectivity index (χ0) is 21.3. The fourth-order valence-electron chi connectivity index (χ4n) is 4.00. The summed E-state index contributed by atoms with van der Waals surface area (Å²) in [4.78, 5) is 13.0. The molecule has 0 fully saturated rings. The van der Waals surface area contributed by atoms with Gasteiger partial charge in [-0.05, 0) is 68.7 Å². The molecule has 4 heteroatoms. The van der Waals surface area contributed by atoms with E-state index in [9.17, 15) is 4.79 Å². The van der Waals surface area contributed by atoms with Crippen LogP contribution in [0.15, 0.2) is 60.7 Å². The second kappa shape index (κ2) is 8.23. The first kappa shape index (κ1) is 20.0. The van der Waals surface area contributed by atoms with E-state index in [0.717, 1.165) is 34.5 Å². The van der Waals surface area contributed by atoms with Crippen molar-refractivity contribution in [1.82, 2.24) is 4.57 Å². The molecule has 1 heterocycles. The van der Waals surface area contributed by atoms with Gasteiger partial charge >= 0.3 is 0 Å². The summed E-state index contributed by atoms with van der Waals surface area (Å²) in [6, 6.07) is 20.6. The zero-order valence-corrected chi connectivity index (χ0v) is 18.0. The molecule has 1 atom stereocenters. The Bertz CT molecular complexity index is 1220. The number of nitrogens with zero attached hydrogens (tertiary/aromatic N) is 1. The van der Waals surface area contributed by atoms with Crippen LogP contribution in [0.1, 0.15) is 31.4 Å². The van der Waals surface area contributed by atoms with Crippen molar-refractivity contribution < 1.29 is 9.53 Å². The summed E-state index contributed by atoms with van der Waals surface area (Å²) < 4.78 is 8.37. The highest BCUT2D eigenvalue weighted by Gasteiger charge is 2.20. The number of ether oxygens (including phenoxy) is 1. The monoisotopic (exact) mass is 400 g/mol. The Hall–Kier alpha value is -3.27. The molecule has 0 bridgehead atoms. The maximum atomic E-state index is 13.0. The molecule has 0 aliphatic rings. The molecule has 1 amide bonds. The Morgan fingerprint density at radius 1 is 0.967 bits per heavy atom. The molecule has 0 saturated heterocycles. The van der Waals surface area contributed by atoms with Gasteiger partial charge < -0.3 is 14.6 Å². The summed E-state index contributed by atoms with van der Waals surface area (Å²) in [5.41, 5.74) is 5.32. The first-order valence-corrected chi connectivity index (χ1v) is 10.6. The number of aryl methyl sites for hydroxylation is 3. The minimum atomic E-state index is -0.543. The molecule has 4 nitrogen and oxygen atoms in total. The van der Waals surface area contributed by atoms with Crippen molar-refractivity contribution in [2.75, 3.05) is 5.32 Å². The van der Waals surface area contributed by atoms with E-state index in [4.69, 9.17) is 4.74 Å². The maximum Gasteiger partial charge on any atom is 0.265 e. The van der Waals surface area contributed by atoms with Gasteiger partial charge in [-0.15, -0.1) is 0 Å². The molecule has 0 spiro atoms. The summed E-state index contributed by atoms with van der Waals surface area (Å²) in [6.45, 7) is 9.04. The van der Waals surface area contributed by atoms with Gasteiger partial charge in [0.2, 0.25) is 0 Å². The molecule has 0 radical (unpaired) electrons. The number of para-hydroxylation sites is 1. The topological polar surface area (TPSA) is 43.3 Å². The van der Waals surface area contributed by atoms with E-state index < -0.39 is 6.10 Å². The molecule has 4 aromatic rings. The average molecular weight is 401 g/mol. The Kier molecular flexibility index (Phi) is 5.49. The Labute approximate surface area is 177 Å². The van der Waals surface area contributed by atoms with Crippen LogP contribution < -0.4 is 10.1 Å². The van der Waals surface area contributed by atoms with E-state index in [-0.39, 0.29) is 5.91 Å². The second-order valence-corrected chi connectivity index (χ2v) is 7.77. The molecule has 1 unspecified atom stereocenters. The Balaban J connectivity index is 1.62. The molecule has 4 rings (SSSR count). The number of anilines is 1. The van der Waals surface area contributed by atoms with Crippen LogP contribution in [0.5, 0.6) is 5.75 Å². The largest absolute Gasteiger partial charge is 0.480 e. The van der Waals surface area contributed by atoms with Crippen LogP contribution in [0.4, 0.5) is 5.69 Å². The van der Waals surface area contributed by atoms with Crippen LogP contribution >= 0.6 is 0 Å². The highest BCUT2D eigenvalue weighted by atomic mass is 16.5. The van der Waals surface area contributed by atoms with Crippen molar-refractivity contribution in [1.29, 1.82) is 0 Å². The molecule has 0 aliphatic carbocycles. The minimum absolute atomic E-state index is 0.128. The van der Waals surface area contributed by atoms with E-state index in [2.05, 4.69) is 53.2 Å². The lowest BCUT2D eigenvalue weighted by Gasteiger charge is -2.19. The molecular formula is C26H28N2O2. The summed E-state index contributed by atoms with van der Waals surface area (Å²) in [7, 11) is 0. The fourth-order valence-corrected chi connectivity index (χ4v) is 4.00. The molecule has 0 aliphatic heterocycles. The number of aromatic nitrogens is 1. The summed E-state index contributed by atoms with van der Waals surface area (Å²) in [5, 5.41) is 5.40. The van der Waals surface area contributed by atoms with Gasteiger partial charge in [-0.3, -0.25) is 4.79 Å². The minimum Gasteiger partial charge on any atom is -0.480 e. The normalized spacial score (nSPS) is 12.3. The van der Waals surface area contributed by atoms with Gasteiger partial charge in [0.1, 0.15) is 5.75 Å². The van der Waals surface area contributed by atoms with Gasteiger partial charge in [-0.25, -0.2) is 0 Å². The first-order valence-electron chi connectivity index (χ1n) is 10.6. The van der Waals surface area contributed by atoms with Gasteiger partial charge in [-0.2, -0.15) is 0 Å². The van der Waals surface area contributed by atoms with Crippen LogP contribution in [0, 0.1) is 13.8 Å². The van der Waals surface area contributed by atoms with Crippen molar-refractivity contribution in [3.63, 3.8) is 0 Å². The quantitative estimate of drug-likeness (QED) is 0.417. The Morgan fingerprint density at radius 3 is 2.50 bits per heavy atom. The third kappa shape index (κ3) is 3.65. The fraction of sp³-hybridized carbons (Fsp3) is 0.269. The Morgan fingerprint density at radius 2 is 1.73 bits per heavy atom. The molecule has 154 valence electrons. The van der Waals surface area contributed by atoms with Crippen LogP contribution in [0.2, 0.25) is 0 Å². The molecule has 1 N–H and O–H groups in total. The molecule has 3 aromatic carbocycles. The number of nitrogens with one attached hydrogen (secondary N) is 1. The molecule has 30 heavy (non-hydrogen) atoms. The lowest BCUT2D eigenvalue weighted by molar-refractivity contribution is -0.122. The number of benzene rings is 3. The van der Waals surface area contributed by atoms with Gasteiger partial charge in [-0.1, -0.05) is 37.3 Å². The number of hydrogen-bond acceptors (Lipinski definition) is 2. The van der Waals surface area contributed by atoms with Crippen molar-refractivity contribution >= 4 is 33.4 Å². The number of rotatable bonds is 6. The maximum absolute atomic E-state index is 13.0. The van der Waals surface area contributed by atoms with Gasteiger partial charge in [0.05, 0.1) is 0 Å². The van der Waals surface area contributed by atoms with Gasteiger partial charge in [0, 0.05) is 34.0 Å². The average Bonchev–Trinajstić information content (AvgIpc) is 3.07.